The lowest BCUT2D eigenvalue weighted by Gasteiger charge is -2.21. The van der Waals surface area contributed by atoms with E-state index in [4.69, 9.17) is 0 Å². The molecule has 2 amide bonds. The van der Waals surface area contributed by atoms with E-state index in [9.17, 15) is 22.8 Å². The van der Waals surface area contributed by atoms with E-state index in [2.05, 4.69) is 0 Å². The van der Waals surface area contributed by atoms with Crippen LogP contribution in [0.15, 0.2) is 48.5 Å². The first-order chi connectivity index (χ1) is 13.3. The summed E-state index contributed by atoms with van der Waals surface area (Å²) in [5, 5.41) is 0. The normalized spacial score (nSPS) is 14.4. The van der Waals surface area contributed by atoms with E-state index in [-0.39, 0.29) is 23.9 Å². The number of carbonyl (C=O) groups excluding carboxylic acids is 2. The van der Waals surface area contributed by atoms with Crippen molar-refractivity contribution in [3.05, 3.63) is 70.8 Å². The number of nitrogens with zero attached hydrogens (tertiary/aromatic N) is 2. The highest BCUT2D eigenvalue weighted by Gasteiger charge is 2.33. The maximum Gasteiger partial charge on any atom is 0.416 e. The molecule has 0 saturated carbocycles. The van der Waals surface area contributed by atoms with Crippen LogP contribution in [0.3, 0.4) is 0 Å². The molecule has 0 unspecified atom stereocenters. The lowest BCUT2D eigenvalue weighted by Crippen LogP contribution is -2.28. The molecule has 3 rings (SSSR count). The lowest BCUT2D eigenvalue weighted by molar-refractivity contribution is -0.138. The Labute approximate surface area is 161 Å². The van der Waals surface area contributed by atoms with Gasteiger partial charge in [0.2, 0.25) is 5.91 Å². The maximum absolute atomic E-state index is 13.2. The average Bonchev–Trinajstić information content (AvgIpc) is 3.05. The van der Waals surface area contributed by atoms with Gasteiger partial charge < -0.3 is 9.80 Å². The summed E-state index contributed by atoms with van der Waals surface area (Å²) in [5.74, 6) is -0.274. The number of hydrogen-bond donors (Lipinski definition) is 0. The van der Waals surface area contributed by atoms with Gasteiger partial charge in [0.15, 0.2) is 0 Å². The van der Waals surface area contributed by atoms with Crippen molar-refractivity contribution in [2.45, 2.75) is 32.1 Å². The van der Waals surface area contributed by atoms with E-state index >= 15 is 0 Å². The van der Waals surface area contributed by atoms with E-state index in [0.717, 1.165) is 18.1 Å². The fourth-order valence-electron chi connectivity index (χ4n) is 3.38. The standard InChI is InChI=1S/C21H21F3N2O2/c1-25(14-17-7-2-3-9-18(17)21(22,23)24)20(28)16-8-4-6-15(12-16)13-26-11-5-10-19(26)27/h2-4,6-9,12H,5,10-11,13-14H2,1H3. The van der Waals surface area contributed by atoms with E-state index < -0.39 is 11.7 Å². The fraction of sp³-hybridized carbons (Fsp3) is 0.333. The number of carbonyl (C=O) groups is 2. The van der Waals surface area contributed by atoms with Crippen LogP contribution in [0.25, 0.3) is 0 Å². The second kappa shape index (κ2) is 8.04. The Morgan fingerprint density at radius 3 is 2.57 bits per heavy atom. The lowest BCUT2D eigenvalue weighted by atomic mass is 10.1. The van der Waals surface area contributed by atoms with Crippen LogP contribution < -0.4 is 0 Å². The van der Waals surface area contributed by atoms with Gasteiger partial charge in [-0.05, 0) is 35.7 Å². The second-order valence-electron chi connectivity index (χ2n) is 6.94. The SMILES string of the molecule is CN(Cc1ccccc1C(F)(F)F)C(=O)c1cccc(CN2CCCC2=O)c1. The predicted octanol–water partition coefficient (Wildman–Crippen LogP) is 4.10. The van der Waals surface area contributed by atoms with Crippen LogP contribution in [0, 0.1) is 0 Å². The van der Waals surface area contributed by atoms with Crippen molar-refractivity contribution in [1.29, 1.82) is 0 Å². The van der Waals surface area contributed by atoms with Gasteiger partial charge in [0.05, 0.1) is 5.56 Å². The first-order valence-electron chi connectivity index (χ1n) is 9.03. The molecule has 0 bridgehead atoms. The molecular weight excluding hydrogens is 369 g/mol. The minimum Gasteiger partial charge on any atom is -0.338 e. The molecule has 4 nitrogen and oxygen atoms in total. The summed E-state index contributed by atoms with van der Waals surface area (Å²) < 4.78 is 39.5. The topological polar surface area (TPSA) is 40.6 Å². The summed E-state index contributed by atoms with van der Waals surface area (Å²) in [5.41, 5.74) is 0.516. The van der Waals surface area contributed by atoms with Gasteiger partial charge in [0, 0.05) is 38.7 Å². The molecule has 28 heavy (non-hydrogen) atoms. The number of benzene rings is 2. The number of likely N-dealkylation sites (tertiary alicyclic amines) is 1. The number of hydrogen-bond acceptors (Lipinski definition) is 2. The Kier molecular flexibility index (Phi) is 5.72. The molecule has 0 N–H and O–H groups in total. The van der Waals surface area contributed by atoms with E-state index in [0.29, 0.717) is 25.1 Å². The molecule has 2 aromatic carbocycles. The molecule has 0 aliphatic carbocycles. The Morgan fingerprint density at radius 2 is 1.89 bits per heavy atom. The molecule has 1 heterocycles. The van der Waals surface area contributed by atoms with Crippen molar-refractivity contribution >= 4 is 11.8 Å². The summed E-state index contributed by atoms with van der Waals surface area (Å²) in [6.07, 6.45) is -3.10. The number of rotatable bonds is 5. The van der Waals surface area contributed by atoms with Gasteiger partial charge in [-0.2, -0.15) is 13.2 Å². The van der Waals surface area contributed by atoms with E-state index in [1.54, 1.807) is 23.1 Å². The van der Waals surface area contributed by atoms with Crippen LogP contribution in [0.5, 0.6) is 0 Å². The summed E-state index contributed by atoms with van der Waals surface area (Å²) in [6, 6.07) is 12.1. The predicted molar refractivity (Wildman–Crippen MR) is 98.3 cm³/mol. The zero-order chi connectivity index (χ0) is 20.3. The van der Waals surface area contributed by atoms with Gasteiger partial charge in [-0.15, -0.1) is 0 Å². The van der Waals surface area contributed by atoms with Crippen LogP contribution in [-0.2, 0) is 24.1 Å². The van der Waals surface area contributed by atoms with Crippen molar-refractivity contribution in [3.8, 4) is 0 Å². The molecule has 7 heteroatoms. The van der Waals surface area contributed by atoms with Gasteiger partial charge >= 0.3 is 6.18 Å². The van der Waals surface area contributed by atoms with Gasteiger partial charge in [-0.1, -0.05) is 30.3 Å². The van der Waals surface area contributed by atoms with Crippen molar-refractivity contribution < 1.29 is 22.8 Å². The van der Waals surface area contributed by atoms with Crippen LogP contribution in [0.1, 0.15) is 39.9 Å². The van der Waals surface area contributed by atoms with E-state index in [1.807, 2.05) is 6.07 Å². The van der Waals surface area contributed by atoms with Crippen molar-refractivity contribution in [2.24, 2.45) is 0 Å². The van der Waals surface area contributed by atoms with Gasteiger partial charge in [-0.3, -0.25) is 9.59 Å². The second-order valence-corrected chi connectivity index (χ2v) is 6.94. The smallest absolute Gasteiger partial charge is 0.338 e. The Hall–Kier alpha value is -2.83. The third kappa shape index (κ3) is 4.52. The molecule has 0 radical (unpaired) electrons. The molecular formula is C21H21F3N2O2. The fourth-order valence-corrected chi connectivity index (χ4v) is 3.38. The largest absolute Gasteiger partial charge is 0.416 e. The average molecular weight is 390 g/mol. The van der Waals surface area contributed by atoms with Crippen LogP contribution in [0.4, 0.5) is 13.2 Å². The molecule has 0 aromatic heterocycles. The zero-order valence-electron chi connectivity index (χ0n) is 15.5. The van der Waals surface area contributed by atoms with Gasteiger partial charge in [-0.25, -0.2) is 0 Å². The molecule has 1 aliphatic rings. The quantitative estimate of drug-likeness (QED) is 0.771. The third-order valence-corrected chi connectivity index (χ3v) is 4.80. The summed E-state index contributed by atoms with van der Waals surface area (Å²) >= 11 is 0. The van der Waals surface area contributed by atoms with Crippen LogP contribution in [0.2, 0.25) is 0 Å². The molecule has 1 saturated heterocycles. The molecule has 148 valence electrons. The maximum atomic E-state index is 13.2. The highest BCUT2D eigenvalue weighted by atomic mass is 19.4. The van der Waals surface area contributed by atoms with Crippen molar-refractivity contribution in [2.75, 3.05) is 13.6 Å². The number of amides is 2. The van der Waals surface area contributed by atoms with Crippen LogP contribution in [-0.4, -0.2) is 35.2 Å². The molecule has 2 aromatic rings. The Bertz CT molecular complexity index is 880. The van der Waals surface area contributed by atoms with Crippen molar-refractivity contribution in [1.82, 2.24) is 9.80 Å². The third-order valence-electron chi connectivity index (χ3n) is 4.80. The first kappa shape index (κ1) is 19.9. The molecule has 1 aliphatic heterocycles. The number of alkyl halides is 3. The monoisotopic (exact) mass is 390 g/mol. The Morgan fingerprint density at radius 1 is 1.14 bits per heavy atom. The van der Waals surface area contributed by atoms with Gasteiger partial charge in [0.25, 0.3) is 5.91 Å². The highest BCUT2D eigenvalue weighted by Crippen LogP contribution is 2.32. The minimum atomic E-state index is -4.47. The highest BCUT2D eigenvalue weighted by molar-refractivity contribution is 5.94. The van der Waals surface area contributed by atoms with Crippen LogP contribution >= 0.6 is 0 Å². The van der Waals surface area contributed by atoms with Crippen molar-refractivity contribution in [3.63, 3.8) is 0 Å². The minimum absolute atomic E-state index is 0.0460. The summed E-state index contributed by atoms with van der Waals surface area (Å²) in [7, 11) is 1.48. The zero-order valence-corrected chi connectivity index (χ0v) is 15.5. The Balaban J connectivity index is 1.74. The van der Waals surface area contributed by atoms with E-state index in [1.165, 1.54) is 30.1 Å². The first-order valence-corrected chi connectivity index (χ1v) is 9.03. The summed E-state index contributed by atoms with van der Waals surface area (Å²) in [6.45, 7) is 0.981. The molecule has 0 spiro atoms. The van der Waals surface area contributed by atoms with Gasteiger partial charge in [0.1, 0.15) is 0 Å². The summed E-state index contributed by atoms with van der Waals surface area (Å²) in [4.78, 5) is 27.5. The molecule has 0 atom stereocenters. The number of halogens is 3. The molecule has 1 fully saturated rings.